The molecule has 1 aliphatic rings. The molecule has 2 rings (SSSR count). The van der Waals surface area contributed by atoms with Crippen LogP contribution >= 0.6 is 15.9 Å². The summed E-state index contributed by atoms with van der Waals surface area (Å²) in [5, 5.41) is 23.1. The van der Waals surface area contributed by atoms with Crippen molar-refractivity contribution < 1.29 is 14.8 Å². The number of anilines is 1. The van der Waals surface area contributed by atoms with Crippen molar-refractivity contribution >= 4 is 33.3 Å². The number of carboxylic acids is 1. The second-order valence-corrected chi connectivity index (χ2v) is 5.92. The molecule has 0 aromatic heterocycles. The molecule has 0 spiro atoms. The molecule has 1 fully saturated rings. The molecule has 7 heteroatoms. The molecule has 1 aromatic rings. The monoisotopic (exact) mass is 342 g/mol. The fraction of sp³-hybridized carbons (Fsp3) is 0.462. The van der Waals surface area contributed by atoms with Crippen LogP contribution in [0.1, 0.15) is 25.7 Å². The van der Waals surface area contributed by atoms with Gasteiger partial charge >= 0.3 is 5.97 Å². The van der Waals surface area contributed by atoms with E-state index in [0.717, 1.165) is 12.8 Å². The summed E-state index contributed by atoms with van der Waals surface area (Å²) in [7, 11) is 0. The summed E-state index contributed by atoms with van der Waals surface area (Å²) >= 11 is 3.27. The molecule has 0 bridgehead atoms. The molecule has 20 heavy (non-hydrogen) atoms. The van der Waals surface area contributed by atoms with Gasteiger partial charge in [-0.1, -0.05) is 12.8 Å². The van der Waals surface area contributed by atoms with E-state index >= 15 is 0 Å². The Labute approximate surface area is 124 Å². The first-order valence-electron chi connectivity index (χ1n) is 6.36. The first kappa shape index (κ1) is 14.8. The predicted molar refractivity (Wildman–Crippen MR) is 77.8 cm³/mol. The second kappa shape index (κ2) is 5.78. The number of hydrogen-bond acceptors (Lipinski definition) is 4. The van der Waals surface area contributed by atoms with Gasteiger partial charge in [-0.05, 0) is 34.8 Å². The highest BCUT2D eigenvalue weighted by atomic mass is 79.9. The normalized spacial score (nSPS) is 16.9. The highest BCUT2D eigenvalue weighted by Gasteiger charge is 2.41. The first-order chi connectivity index (χ1) is 9.44. The Morgan fingerprint density at radius 3 is 2.60 bits per heavy atom. The average molecular weight is 343 g/mol. The van der Waals surface area contributed by atoms with Crippen LogP contribution in [0, 0.1) is 15.5 Å². The molecule has 0 atom stereocenters. The van der Waals surface area contributed by atoms with Gasteiger partial charge in [0.2, 0.25) is 0 Å². The number of nitrogens with zero attached hydrogens (tertiary/aromatic N) is 1. The van der Waals surface area contributed by atoms with Gasteiger partial charge in [0.05, 0.1) is 10.3 Å². The fourth-order valence-corrected chi connectivity index (χ4v) is 3.05. The molecule has 0 radical (unpaired) electrons. The Morgan fingerprint density at radius 2 is 2.10 bits per heavy atom. The molecule has 0 amide bonds. The van der Waals surface area contributed by atoms with Gasteiger partial charge in [-0.15, -0.1) is 0 Å². The maximum absolute atomic E-state index is 11.4. The molecule has 1 aliphatic carbocycles. The summed E-state index contributed by atoms with van der Waals surface area (Å²) in [6, 6.07) is 4.40. The number of carboxylic acid groups (broad SMARTS) is 1. The minimum Gasteiger partial charge on any atom is -0.481 e. The maximum atomic E-state index is 11.4. The van der Waals surface area contributed by atoms with Crippen LogP contribution < -0.4 is 5.32 Å². The molecule has 1 aromatic carbocycles. The van der Waals surface area contributed by atoms with E-state index < -0.39 is 16.3 Å². The SMILES string of the molecule is O=C(O)C1(CNc2ccc([N+](=O)[O-])cc2Br)CCCC1. The van der Waals surface area contributed by atoms with E-state index in [1.54, 1.807) is 6.07 Å². The summed E-state index contributed by atoms with van der Waals surface area (Å²) in [6.07, 6.45) is 3.19. The first-order valence-corrected chi connectivity index (χ1v) is 7.15. The van der Waals surface area contributed by atoms with E-state index in [2.05, 4.69) is 21.2 Å². The summed E-state index contributed by atoms with van der Waals surface area (Å²) in [4.78, 5) is 21.6. The van der Waals surface area contributed by atoms with Gasteiger partial charge in [-0.2, -0.15) is 0 Å². The average Bonchev–Trinajstić information content (AvgIpc) is 2.87. The Morgan fingerprint density at radius 1 is 1.45 bits per heavy atom. The van der Waals surface area contributed by atoms with Gasteiger partial charge in [0.25, 0.3) is 5.69 Å². The number of benzene rings is 1. The lowest BCUT2D eigenvalue weighted by Crippen LogP contribution is -2.35. The molecule has 0 heterocycles. The topological polar surface area (TPSA) is 92.5 Å². The van der Waals surface area contributed by atoms with Gasteiger partial charge in [-0.25, -0.2) is 0 Å². The lowest BCUT2D eigenvalue weighted by atomic mass is 9.86. The zero-order chi connectivity index (χ0) is 14.8. The van der Waals surface area contributed by atoms with Crippen LogP contribution in [-0.4, -0.2) is 22.5 Å². The number of nitro benzene ring substituents is 1. The van der Waals surface area contributed by atoms with Crippen LogP contribution in [0.25, 0.3) is 0 Å². The third-order valence-corrected chi connectivity index (χ3v) is 4.45. The van der Waals surface area contributed by atoms with Crippen LogP contribution in [0.2, 0.25) is 0 Å². The number of nitro groups is 1. The molecule has 1 saturated carbocycles. The summed E-state index contributed by atoms with van der Waals surface area (Å²) in [5.41, 5.74) is -0.0549. The van der Waals surface area contributed by atoms with Crippen molar-refractivity contribution in [2.24, 2.45) is 5.41 Å². The lowest BCUT2D eigenvalue weighted by Gasteiger charge is -2.24. The van der Waals surface area contributed by atoms with Crippen molar-refractivity contribution in [3.05, 3.63) is 32.8 Å². The Balaban J connectivity index is 2.10. The van der Waals surface area contributed by atoms with E-state index in [4.69, 9.17) is 0 Å². The summed E-state index contributed by atoms with van der Waals surface area (Å²) < 4.78 is 0.560. The Bertz CT molecular complexity index is 541. The summed E-state index contributed by atoms with van der Waals surface area (Å²) in [5.74, 6) is -0.777. The smallest absolute Gasteiger partial charge is 0.311 e. The van der Waals surface area contributed by atoms with Crippen molar-refractivity contribution in [3.8, 4) is 0 Å². The second-order valence-electron chi connectivity index (χ2n) is 5.07. The highest BCUT2D eigenvalue weighted by Crippen LogP contribution is 2.39. The standard InChI is InChI=1S/C13H15BrN2O4/c14-10-7-9(16(19)20)3-4-11(10)15-8-13(12(17)18)5-1-2-6-13/h3-4,7,15H,1-2,5-6,8H2,(H,17,18). The van der Waals surface area contributed by atoms with Crippen LogP contribution in [0.4, 0.5) is 11.4 Å². The molecule has 108 valence electrons. The third-order valence-electron chi connectivity index (χ3n) is 3.80. The molecule has 0 saturated heterocycles. The third kappa shape index (κ3) is 2.92. The minimum atomic E-state index is -0.777. The molecular formula is C13H15BrN2O4. The van der Waals surface area contributed by atoms with Crippen molar-refractivity contribution in [2.75, 3.05) is 11.9 Å². The molecule has 0 unspecified atom stereocenters. The number of halogens is 1. The van der Waals surface area contributed by atoms with Gasteiger partial charge < -0.3 is 10.4 Å². The van der Waals surface area contributed by atoms with E-state index in [1.165, 1.54) is 12.1 Å². The van der Waals surface area contributed by atoms with Gasteiger partial charge in [0.1, 0.15) is 0 Å². The predicted octanol–water partition coefficient (Wildman–Crippen LogP) is 3.41. The van der Waals surface area contributed by atoms with Crippen molar-refractivity contribution in [1.29, 1.82) is 0 Å². The van der Waals surface area contributed by atoms with Gasteiger partial charge in [-0.3, -0.25) is 14.9 Å². The quantitative estimate of drug-likeness (QED) is 0.631. The van der Waals surface area contributed by atoms with Crippen molar-refractivity contribution in [1.82, 2.24) is 0 Å². The highest BCUT2D eigenvalue weighted by molar-refractivity contribution is 9.10. The largest absolute Gasteiger partial charge is 0.481 e. The lowest BCUT2D eigenvalue weighted by molar-refractivity contribution is -0.384. The van der Waals surface area contributed by atoms with E-state index in [-0.39, 0.29) is 5.69 Å². The number of nitrogens with one attached hydrogen (secondary N) is 1. The number of non-ortho nitro benzene ring substituents is 1. The van der Waals surface area contributed by atoms with Crippen molar-refractivity contribution in [2.45, 2.75) is 25.7 Å². The van der Waals surface area contributed by atoms with E-state index in [9.17, 15) is 20.0 Å². The Kier molecular flexibility index (Phi) is 4.27. The number of carbonyl (C=O) groups is 1. The van der Waals surface area contributed by atoms with Crippen LogP contribution in [0.15, 0.2) is 22.7 Å². The van der Waals surface area contributed by atoms with Crippen molar-refractivity contribution in [3.63, 3.8) is 0 Å². The minimum absolute atomic E-state index is 0.00348. The van der Waals surface area contributed by atoms with E-state index in [0.29, 0.717) is 29.5 Å². The Hall–Kier alpha value is -1.63. The molecular weight excluding hydrogens is 328 g/mol. The molecule has 2 N–H and O–H groups in total. The molecule has 0 aliphatic heterocycles. The van der Waals surface area contributed by atoms with Gasteiger partial charge in [0, 0.05) is 28.8 Å². The zero-order valence-corrected chi connectivity index (χ0v) is 12.4. The van der Waals surface area contributed by atoms with Crippen LogP contribution in [0.3, 0.4) is 0 Å². The summed E-state index contributed by atoms with van der Waals surface area (Å²) in [6.45, 7) is 0.332. The van der Waals surface area contributed by atoms with Crippen LogP contribution in [-0.2, 0) is 4.79 Å². The zero-order valence-electron chi connectivity index (χ0n) is 10.8. The number of aliphatic carboxylic acids is 1. The van der Waals surface area contributed by atoms with E-state index in [1.807, 2.05) is 0 Å². The number of hydrogen-bond donors (Lipinski definition) is 2. The molecule has 6 nitrogen and oxygen atoms in total. The fourth-order valence-electron chi connectivity index (χ4n) is 2.54. The number of rotatable bonds is 5. The van der Waals surface area contributed by atoms with Gasteiger partial charge in [0.15, 0.2) is 0 Å². The maximum Gasteiger partial charge on any atom is 0.311 e. The van der Waals surface area contributed by atoms with Crippen LogP contribution in [0.5, 0.6) is 0 Å².